The van der Waals surface area contributed by atoms with Crippen molar-refractivity contribution in [3.8, 4) is 11.5 Å². The summed E-state index contributed by atoms with van der Waals surface area (Å²) >= 11 is 1.35. The van der Waals surface area contributed by atoms with E-state index in [4.69, 9.17) is 9.47 Å². The first kappa shape index (κ1) is 17.0. The van der Waals surface area contributed by atoms with Gasteiger partial charge in [-0.25, -0.2) is 9.67 Å². The van der Waals surface area contributed by atoms with Gasteiger partial charge in [-0.05, 0) is 13.0 Å². The van der Waals surface area contributed by atoms with Gasteiger partial charge in [-0.3, -0.25) is 4.79 Å². The van der Waals surface area contributed by atoms with Crippen molar-refractivity contribution in [2.75, 3.05) is 19.5 Å². The lowest BCUT2D eigenvalue weighted by Crippen LogP contribution is -2.15. The van der Waals surface area contributed by atoms with Crippen molar-refractivity contribution >= 4 is 23.1 Å². The molecule has 8 heteroatoms. The van der Waals surface area contributed by atoms with Crippen LogP contribution in [0.25, 0.3) is 0 Å². The molecule has 0 aliphatic rings. The molecule has 0 spiro atoms. The molecule has 0 atom stereocenters. The molecule has 3 aromatic rings. The Morgan fingerprint density at radius 3 is 2.80 bits per heavy atom. The van der Waals surface area contributed by atoms with Crippen LogP contribution in [0, 0.1) is 6.92 Å². The number of hydrogen-bond donors (Lipinski definition) is 1. The Balaban J connectivity index is 1.82. The van der Waals surface area contributed by atoms with Crippen molar-refractivity contribution in [3.05, 3.63) is 52.1 Å². The van der Waals surface area contributed by atoms with Gasteiger partial charge in [0.05, 0.1) is 38.2 Å². The zero-order valence-corrected chi connectivity index (χ0v) is 15.0. The fourth-order valence-corrected chi connectivity index (χ4v) is 3.12. The number of methoxy groups -OCH3 is 2. The van der Waals surface area contributed by atoms with Gasteiger partial charge >= 0.3 is 0 Å². The number of anilines is 1. The molecule has 1 N–H and O–H groups in total. The molecule has 3 rings (SSSR count). The molecule has 0 saturated heterocycles. The molecule has 0 unspecified atom stereocenters. The first-order valence-electron chi connectivity index (χ1n) is 7.58. The number of aryl methyl sites for hydroxylation is 1. The van der Waals surface area contributed by atoms with Gasteiger partial charge < -0.3 is 14.8 Å². The minimum atomic E-state index is -0.204. The number of amides is 1. The number of carbonyl (C=O) groups is 1. The van der Waals surface area contributed by atoms with Crippen LogP contribution in [0.15, 0.2) is 36.7 Å². The molecular weight excluding hydrogens is 340 g/mol. The summed E-state index contributed by atoms with van der Waals surface area (Å²) in [5.74, 6) is 1.69. The number of thiazole rings is 1. The normalized spacial score (nSPS) is 10.5. The highest BCUT2D eigenvalue weighted by Gasteiger charge is 2.15. The third-order valence-electron chi connectivity index (χ3n) is 3.61. The Kier molecular flexibility index (Phi) is 4.99. The van der Waals surface area contributed by atoms with E-state index in [1.54, 1.807) is 37.4 Å². The number of nitrogens with one attached hydrogen (secondary N) is 1. The Labute approximate surface area is 149 Å². The van der Waals surface area contributed by atoms with E-state index in [0.717, 1.165) is 10.6 Å². The molecular formula is C17H18N4O3S. The molecule has 130 valence electrons. The Morgan fingerprint density at radius 1 is 1.28 bits per heavy atom. The van der Waals surface area contributed by atoms with E-state index in [9.17, 15) is 4.79 Å². The molecule has 0 aliphatic heterocycles. The van der Waals surface area contributed by atoms with Crippen LogP contribution in [0.4, 0.5) is 5.82 Å². The Bertz CT molecular complexity index is 888. The molecule has 0 aliphatic carbocycles. The maximum atomic E-state index is 12.3. The average Bonchev–Trinajstić information content (AvgIpc) is 3.24. The van der Waals surface area contributed by atoms with Crippen molar-refractivity contribution < 1.29 is 14.3 Å². The summed E-state index contributed by atoms with van der Waals surface area (Å²) < 4.78 is 12.5. The van der Waals surface area contributed by atoms with Crippen molar-refractivity contribution in [3.63, 3.8) is 0 Å². The van der Waals surface area contributed by atoms with Gasteiger partial charge in [0.25, 0.3) is 5.91 Å². The zero-order valence-electron chi connectivity index (χ0n) is 14.1. The van der Waals surface area contributed by atoms with E-state index in [2.05, 4.69) is 15.4 Å². The molecule has 0 radical (unpaired) electrons. The van der Waals surface area contributed by atoms with E-state index in [0.29, 0.717) is 28.7 Å². The predicted molar refractivity (Wildman–Crippen MR) is 95.7 cm³/mol. The topological polar surface area (TPSA) is 78.3 Å². The van der Waals surface area contributed by atoms with Crippen molar-refractivity contribution in [2.24, 2.45) is 0 Å². The number of rotatable bonds is 6. The van der Waals surface area contributed by atoms with E-state index >= 15 is 0 Å². The highest BCUT2D eigenvalue weighted by atomic mass is 32.1. The SMILES string of the molecule is COc1cccc(Cn2nccc2NC(=O)c2cnc(C)s2)c1OC. The number of benzene rings is 1. The minimum absolute atomic E-state index is 0.204. The highest BCUT2D eigenvalue weighted by molar-refractivity contribution is 7.13. The molecule has 2 heterocycles. The Hall–Kier alpha value is -2.87. The summed E-state index contributed by atoms with van der Waals surface area (Å²) in [7, 11) is 3.19. The molecule has 25 heavy (non-hydrogen) atoms. The van der Waals surface area contributed by atoms with Crippen LogP contribution in [-0.4, -0.2) is 34.9 Å². The van der Waals surface area contributed by atoms with E-state index in [1.807, 2.05) is 25.1 Å². The van der Waals surface area contributed by atoms with Crippen molar-refractivity contribution in [2.45, 2.75) is 13.5 Å². The van der Waals surface area contributed by atoms with Crippen LogP contribution in [0.3, 0.4) is 0 Å². The van der Waals surface area contributed by atoms with Crippen LogP contribution < -0.4 is 14.8 Å². The van der Waals surface area contributed by atoms with Crippen LogP contribution in [0.1, 0.15) is 20.2 Å². The summed E-state index contributed by atoms with van der Waals surface area (Å²) in [6.45, 7) is 2.30. The summed E-state index contributed by atoms with van der Waals surface area (Å²) in [6.07, 6.45) is 3.21. The van der Waals surface area contributed by atoms with Crippen LogP contribution in [0.5, 0.6) is 11.5 Å². The number of para-hydroxylation sites is 1. The number of ether oxygens (including phenoxy) is 2. The number of hydrogen-bond acceptors (Lipinski definition) is 6. The third-order valence-corrected chi connectivity index (χ3v) is 4.52. The van der Waals surface area contributed by atoms with Gasteiger partial charge in [-0.15, -0.1) is 11.3 Å². The molecule has 0 bridgehead atoms. The maximum Gasteiger partial charge on any atom is 0.268 e. The van der Waals surface area contributed by atoms with E-state index in [-0.39, 0.29) is 5.91 Å². The smallest absolute Gasteiger partial charge is 0.268 e. The molecule has 1 aromatic carbocycles. The second kappa shape index (κ2) is 7.35. The predicted octanol–water partition coefficient (Wildman–Crippen LogP) is 2.97. The van der Waals surface area contributed by atoms with Gasteiger partial charge in [0.1, 0.15) is 10.7 Å². The first-order valence-corrected chi connectivity index (χ1v) is 8.39. The van der Waals surface area contributed by atoms with Gasteiger partial charge in [-0.2, -0.15) is 5.10 Å². The van der Waals surface area contributed by atoms with Crippen LogP contribution in [-0.2, 0) is 6.54 Å². The van der Waals surface area contributed by atoms with Crippen molar-refractivity contribution in [1.29, 1.82) is 0 Å². The first-order chi connectivity index (χ1) is 12.1. The largest absolute Gasteiger partial charge is 0.493 e. The monoisotopic (exact) mass is 358 g/mol. The fraction of sp³-hybridized carbons (Fsp3) is 0.235. The molecule has 7 nitrogen and oxygen atoms in total. The second-order valence-corrected chi connectivity index (χ2v) is 6.46. The van der Waals surface area contributed by atoms with Gasteiger partial charge in [0, 0.05) is 11.6 Å². The average molecular weight is 358 g/mol. The summed E-state index contributed by atoms with van der Waals surface area (Å²) in [6, 6.07) is 7.40. The standard InChI is InChI=1S/C17H18N4O3S/c1-11-18-9-14(25-11)17(22)20-15-7-8-19-21(15)10-12-5-4-6-13(23-2)16(12)24-3/h4-9H,10H2,1-3H3,(H,20,22). The number of aromatic nitrogens is 3. The van der Waals surface area contributed by atoms with E-state index in [1.165, 1.54) is 11.3 Å². The van der Waals surface area contributed by atoms with Crippen molar-refractivity contribution in [1.82, 2.24) is 14.8 Å². The lowest BCUT2D eigenvalue weighted by atomic mass is 10.2. The van der Waals surface area contributed by atoms with Gasteiger partial charge in [0.2, 0.25) is 0 Å². The van der Waals surface area contributed by atoms with Gasteiger partial charge in [0.15, 0.2) is 11.5 Å². The summed E-state index contributed by atoms with van der Waals surface area (Å²) in [5.41, 5.74) is 0.898. The number of carbonyl (C=O) groups excluding carboxylic acids is 1. The highest BCUT2D eigenvalue weighted by Crippen LogP contribution is 2.31. The molecule has 1 amide bonds. The second-order valence-electron chi connectivity index (χ2n) is 5.22. The summed E-state index contributed by atoms with van der Waals surface area (Å²) in [4.78, 5) is 17.0. The van der Waals surface area contributed by atoms with Gasteiger partial charge in [-0.1, -0.05) is 12.1 Å². The fourth-order valence-electron chi connectivity index (χ4n) is 2.45. The summed E-state index contributed by atoms with van der Waals surface area (Å²) in [5, 5.41) is 8.00. The van der Waals surface area contributed by atoms with E-state index < -0.39 is 0 Å². The zero-order chi connectivity index (χ0) is 17.8. The third kappa shape index (κ3) is 3.63. The number of nitrogens with zero attached hydrogens (tertiary/aromatic N) is 3. The van der Waals surface area contributed by atoms with Crippen LogP contribution >= 0.6 is 11.3 Å². The minimum Gasteiger partial charge on any atom is -0.493 e. The maximum absolute atomic E-state index is 12.3. The van der Waals surface area contributed by atoms with Crippen LogP contribution in [0.2, 0.25) is 0 Å². The quantitative estimate of drug-likeness (QED) is 0.733. The molecule has 0 saturated carbocycles. The lowest BCUT2D eigenvalue weighted by molar-refractivity contribution is 0.102. The molecule has 0 fully saturated rings. The molecule has 2 aromatic heterocycles. The lowest BCUT2D eigenvalue weighted by Gasteiger charge is -2.14. The Morgan fingerprint density at radius 2 is 2.12 bits per heavy atom.